The van der Waals surface area contributed by atoms with Gasteiger partial charge in [-0.1, -0.05) is 48.5 Å². The third-order valence-electron chi connectivity index (χ3n) is 5.94. The van der Waals surface area contributed by atoms with Gasteiger partial charge in [0.05, 0.1) is 0 Å². The summed E-state index contributed by atoms with van der Waals surface area (Å²) in [6.45, 7) is 5.56. The maximum absolute atomic E-state index is 11.7. The zero-order valence-corrected chi connectivity index (χ0v) is 17.2. The first-order valence-electron chi connectivity index (χ1n) is 10.5. The van der Waals surface area contributed by atoms with Crippen LogP contribution in [-0.2, 0) is 11.2 Å². The average Bonchev–Trinajstić information content (AvgIpc) is 3.24. The zero-order chi connectivity index (χ0) is 20.5. The summed E-state index contributed by atoms with van der Waals surface area (Å²) < 4.78 is 0. The molecular weight excluding hydrogens is 374 g/mol. The first-order chi connectivity index (χ1) is 14.7. The molecule has 0 N–H and O–H groups in total. The van der Waals surface area contributed by atoms with Crippen molar-refractivity contribution in [3.05, 3.63) is 66.2 Å². The van der Waals surface area contributed by atoms with Crippen LogP contribution in [0.25, 0.3) is 11.4 Å². The molecule has 2 aliphatic rings. The Morgan fingerprint density at radius 3 is 2.30 bits per heavy atom. The lowest BCUT2D eigenvalue weighted by Gasteiger charge is -2.35. The van der Waals surface area contributed by atoms with E-state index in [2.05, 4.69) is 52.3 Å². The zero-order valence-electron chi connectivity index (χ0n) is 17.2. The standard InChI is InChI=1S/C24H25N5O/c1-18(30)27-13-15-28(16-14-27)22-17-23(26-24(25-22)20-8-3-2-4-9-20)29-12-11-19-7-5-6-10-21(19)29/h2-10,17H,11-16H2,1H3. The summed E-state index contributed by atoms with van der Waals surface area (Å²) in [7, 11) is 0. The van der Waals surface area contributed by atoms with Crippen LogP contribution in [0.1, 0.15) is 12.5 Å². The van der Waals surface area contributed by atoms with Crippen molar-refractivity contribution in [2.45, 2.75) is 13.3 Å². The molecule has 2 aromatic carbocycles. The summed E-state index contributed by atoms with van der Waals surface area (Å²) in [5, 5.41) is 0. The average molecular weight is 399 g/mol. The van der Waals surface area contributed by atoms with Crippen molar-refractivity contribution in [2.75, 3.05) is 42.5 Å². The largest absolute Gasteiger partial charge is 0.353 e. The van der Waals surface area contributed by atoms with Gasteiger partial charge in [-0.2, -0.15) is 0 Å². The third kappa shape index (κ3) is 3.49. The highest BCUT2D eigenvalue weighted by Crippen LogP contribution is 2.35. The smallest absolute Gasteiger partial charge is 0.219 e. The number of hydrogen-bond acceptors (Lipinski definition) is 5. The van der Waals surface area contributed by atoms with Gasteiger partial charge < -0.3 is 14.7 Å². The van der Waals surface area contributed by atoms with Crippen LogP contribution < -0.4 is 9.80 Å². The number of rotatable bonds is 3. The number of fused-ring (bicyclic) bond motifs is 1. The summed E-state index contributed by atoms with van der Waals surface area (Å²) in [5.41, 5.74) is 3.59. The van der Waals surface area contributed by atoms with E-state index in [-0.39, 0.29) is 5.91 Å². The van der Waals surface area contributed by atoms with Gasteiger partial charge in [0, 0.05) is 57.0 Å². The second-order valence-electron chi connectivity index (χ2n) is 7.80. The number of nitrogens with zero attached hydrogens (tertiary/aromatic N) is 5. The maximum Gasteiger partial charge on any atom is 0.219 e. The quantitative estimate of drug-likeness (QED) is 0.675. The molecule has 1 fully saturated rings. The van der Waals surface area contributed by atoms with Gasteiger partial charge in [-0.05, 0) is 18.1 Å². The van der Waals surface area contributed by atoms with E-state index < -0.39 is 0 Å². The predicted molar refractivity (Wildman–Crippen MR) is 119 cm³/mol. The number of carbonyl (C=O) groups is 1. The molecule has 0 spiro atoms. The Hall–Kier alpha value is -3.41. The molecular formula is C24H25N5O. The first kappa shape index (κ1) is 18.6. The number of carbonyl (C=O) groups excluding carboxylic acids is 1. The number of aromatic nitrogens is 2. The van der Waals surface area contributed by atoms with E-state index in [9.17, 15) is 4.79 Å². The fourth-order valence-corrected chi connectivity index (χ4v) is 4.27. The summed E-state index contributed by atoms with van der Waals surface area (Å²) in [6.07, 6.45) is 1.02. The molecule has 0 atom stereocenters. The Bertz CT molecular complexity index is 1060. The van der Waals surface area contributed by atoms with Gasteiger partial charge in [-0.15, -0.1) is 0 Å². The molecule has 0 bridgehead atoms. The van der Waals surface area contributed by atoms with Crippen LogP contribution >= 0.6 is 0 Å². The van der Waals surface area contributed by atoms with Crippen LogP contribution in [-0.4, -0.2) is 53.5 Å². The summed E-state index contributed by atoms with van der Waals surface area (Å²) >= 11 is 0. The Morgan fingerprint density at radius 2 is 1.53 bits per heavy atom. The fraction of sp³-hybridized carbons (Fsp3) is 0.292. The highest BCUT2D eigenvalue weighted by molar-refractivity contribution is 5.74. The minimum absolute atomic E-state index is 0.136. The lowest BCUT2D eigenvalue weighted by atomic mass is 10.2. The van der Waals surface area contributed by atoms with Crippen molar-refractivity contribution < 1.29 is 4.79 Å². The van der Waals surface area contributed by atoms with Gasteiger partial charge in [0.25, 0.3) is 0 Å². The molecule has 2 aliphatic heterocycles. The highest BCUT2D eigenvalue weighted by Gasteiger charge is 2.25. The van der Waals surface area contributed by atoms with Gasteiger partial charge in [0.1, 0.15) is 11.6 Å². The van der Waals surface area contributed by atoms with E-state index in [1.807, 2.05) is 23.1 Å². The van der Waals surface area contributed by atoms with Crippen molar-refractivity contribution in [3.8, 4) is 11.4 Å². The van der Waals surface area contributed by atoms with Gasteiger partial charge in [-0.25, -0.2) is 9.97 Å². The van der Waals surface area contributed by atoms with E-state index in [0.717, 1.165) is 62.2 Å². The number of hydrogen-bond donors (Lipinski definition) is 0. The molecule has 0 saturated carbocycles. The van der Waals surface area contributed by atoms with E-state index in [1.165, 1.54) is 11.3 Å². The molecule has 1 amide bonds. The van der Waals surface area contributed by atoms with Crippen molar-refractivity contribution in [1.82, 2.24) is 14.9 Å². The Labute approximate surface area is 176 Å². The summed E-state index contributed by atoms with van der Waals surface area (Å²) in [5.74, 6) is 2.72. The Balaban J connectivity index is 1.53. The van der Waals surface area contributed by atoms with Crippen LogP contribution in [0.4, 0.5) is 17.3 Å². The van der Waals surface area contributed by atoms with E-state index in [0.29, 0.717) is 0 Å². The van der Waals surface area contributed by atoms with Crippen LogP contribution in [0.2, 0.25) is 0 Å². The Morgan fingerprint density at radius 1 is 0.833 bits per heavy atom. The lowest BCUT2D eigenvalue weighted by molar-refractivity contribution is -0.129. The molecule has 30 heavy (non-hydrogen) atoms. The van der Waals surface area contributed by atoms with Crippen molar-refractivity contribution >= 4 is 23.2 Å². The van der Waals surface area contributed by atoms with E-state index >= 15 is 0 Å². The van der Waals surface area contributed by atoms with Crippen molar-refractivity contribution in [1.29, 1.82) is 0 Å². The highest BCUT2D eigenvalue weighted by atomic mass is 16.2. The number of amides is 1. The number of piperazine rings is 1. The molecule has 0 aliphatic carbocycles. The van der Waals surface area contributed by atoms with Crippen LogP contribution in [0.5, 0.6) is 0 Å². The SMILES string of the molecule is CC(=O)N1CCN(c2cc(N3CCc4ccccc43)nc(-c3ccccc3)n2)CC1. The predicted octanol–water partition coefficient (Wildman–Crippen LogP) is 3.51. The third-order valence-corrected chi connectivity index (χ3v) is 5.94. The molecule has 0 unspecified atom stereocenters. The van der Waals surface area contributed by atoms with Crippen LogP contribution in [0.3, 0.4) is 0 Å². The van der Waals surface area contributed by atoms with Gasteiger partial charge in [0.2, 0.25) is 5.91 Å². The summed E-state index contributed by atoms with van der Waals surface area (Å²) in [4.78, 5) is 28.0. The fourth-order valence-electron chi connectivity index (χ4n) is 4.27. The molecule has 3 heterocycles. The second kappa shape index (κ2) is 7.78. The molecule has 6 heteroatoms. The van der Waals surface area contributed by atoms with Crippen LogP contribution in [0, 0.1) is 0 Å². The maximum atomic E-state index is 11.7. The summed E-state index contributed by atoms with van der Waals surface area (Å²) in [6, 6.07) is 20.8. The number of para-hydroxylation sites is 1. The molecule has 1 aromatic heterocycles. The first-order valence-corrected chi connectivity index (χ1v) is 10.5. The van der Waals surface area contributed by atoms with Crippen LogP contribution in [0.15, 0.2) is 60.7 Å². The molecule has 5 rings (SSSR count). The normalized spacial score (nSPS) is 16.0. The Kier molecular flexibility index (Phi) is 4.83. The van der Waals surface area contributed by atoms with E-state index in [1.54, 1.807) is 6.92 Å². The van der Waals surface area contributed by atoms with Crippen molar-refractivity contribution in [3.63, 3.8) is 0 Å². The minimum atomic E-state index is 0.136. The monoisotopic (exact) mass is 399 g/mol. The topological polar surface area (TPSA) is 52.6 Å². The molecule has 3 aromatic rings. The van der Waals surface area contributed by atoms with E-state index in [4.69, 9.17) is 9.97 Å². The molecule has 6 nitrogen and oxygen atoms in total. The minimum Gasteiger partial charge on any atom is -0.353 e. The number of benzene rings is 2. The van der Waals surface area contributed by atoms with Crippen molar-refractivity contribution in [2.24, 2.45) is 0 Å². The van der Waals surface area contributed by atoms with Gasteiger partial charge >= 0.3 is 0 Å². The van der Waals surface area contributed by atoms with Gasteiger partial charge in [0.15, 0.2) is 5.82 Å². The molecule has 0 radical (unpaired) electrons. The number of anilines is 3. The van der Waals surface area contributed by atoms with Gasteiger partial charge in [-0.3, -0.25) is 4.79 Å². The second-order valence-corrected chi connectivity index (χ2v) is 7.80. The lowest BCUT2D eigenvalue weighted by Crippen LogP contribution is -2.48. The molecule has 152 valence electrons. The molecule has 1 saturated heterocycles.